The zero-order valence-corrected chi connectivity index (χ0v) is 7.55. The van der Waals surface area contributed by atoms with Crippen LogP contribution in [-0.4, -0.2) is 15.8 Å². The zero-order valence-electron chi connectivity index (χ0n) is 7.55. The molecule has 1 aliphatic heterocycles. The van der Waals surface area contributed by atoms with Crippen molar-refractivity contribution in [3.63, 3.8) is 0 Å². The predicted molar refractivity (Wildman–Crippen MR) is 48.7 cm³/mol. The van der Waals surface area contributed by atoms with Crippen molar-refractivity contribution in [1.82, 2.24) is 9.88 Å². The quantitative estimate of drug-likeness (QED) is 0.621. The number of pyridine rings is 1. The Morgan fingerprint density at radius 3 is 3.14 bits per heavy atom. The van der Waals surface area contributed by atoms with E-state index in [0.717, 1.165) is 5.56 Å². The van der Waals surface area contributed by atoms with Crippen molar-refractivity contribution in [2.45, 2.75) is 18.9 Å². The highest BCUT2D eigenvalue weighted by atomic mass is 16.2. The van der Waals surface area contributed by atoms with E-state index in [2.05, 4.69) is 4.98 Å². The van der Waals surface area contributed by atoms with Gasteiger partial charge in [-0.2, -0.15) is 5.26 Å². The van der Waals surface area contributed by atoms with E-state index in [4.69, 9.17) is 5.26 Å². The molecule has 14 heavy (non-hydrogen) atoms. The summed E-state index contributed by atoms with van der Waals surface area (Å²) in [6.45, 7) is 0. The first-order chi connectivity index (χ1) is 6.83. The summed E-state index contributed by atoms with van der Waals surface area (Å²) < 4.78 is 0. The SMILES string of the molecule is N#CN1C(=O)CC[C@H]1c1cccnc1. The number of carbonyl (C=O) groups excluding carboxylic acids is 1. The molecular formula is C10H9N3O. The van der Waals surface area contributed by atoms with Gasteiger partial charge < -0.3 is 0 Å². The largest absolute Gasteiger partial charge is 0.274 e. The van der Waals surface area contributed by atoms with E-state index in [1.165, 1.54) is 4.90 Å². The van der Waals surface area contributed by atoms with Crippen LogP contribution in [0, 0.1) is 11.5 Å². The van der Waals surface area contributed by atoms with Crippen LogP contribution < -0.4 is 0 Å². The summed E-state index contributed by atoms with van der Waals surface area (Å²) in [5.41, 5.74) is 0.930. The van der Waals surface area contributed by atoms with Crippen LogP contribution in [0.5, 0.6) is 0 Å². The molecule has 0 bridgehead atoms. The molecule has 70 valence electrons. The van der Waals surface area contributed by atoms with Gasteiger partial charge in [0.1, 0.15) is 0 Å². The maximum absolute atomic E-state index is 11.3. The van der Waals surface area contributed by atoms with Gasteiger partial charge in [-0.3, -0.25) is 9.78 Å². The standard InChI is InChI=1S/C10H9N3O/c11-7-13-9(3-4-10(13)14)8-2-1-5-12-6-8/h1-2,5-6,9H,3-4H2/t9-/m0/s1. The van der Waals surface area contributed by atoms with Gasteiger partial charge in [-0.05, 0) is 18.1 Å². The molecule has 2 heterocycles. The molecule has 1 aromatic rings. The van der Waals surface area contributed by atoms with Gasteiger partial charge in [-0.15, -0.1) is 0 Å². The second-order valence-electron chi connectivity index (χ2n) is 3.20. The number of hydrogen-bond acceptors (Lipinski definition) is 3. The van der Waals surface area contributed by atoms with Crippen LogP contribution in [0.3, 0.4) is 0 Å². The molecule has 2 rings (SSSR count). The molecule has 4 nitrogen and oxygen atoms in total. The molecule has 1 atom stereocenters. The molecule has 0 saturated carbocycles. The summed E-state index contributed by atoms with van der Waals surface area (Å²) in [7, 11) is 0. The summed E-state index contributed by atoms with van der Waals surface area (Å²) in [6.07, 6.45) is 6.46. The van der Waals surface area contributed by atoms with Crippen molar-refractivity contribution < 1.29 is 4.79 Å². The molecule has 0 aromatic carbocycles. The second kappa shape index (κ2) is 3.46. The third kappa shape index (κ3) is 1.33. The Labute approximate surface area is 81.8 Å². The highest BCUT2D eigenvalue weighted by Crippen LogP contribution is 2.31. The minimum Gasteiger partial charge on any atom is -0.274 e. The van der Waals surface area contributed by atoms with Crippen LogP contribution in [0.1, 0.15) is 24.4 Å². The fraction of sp³-hybridized carbons (Fsp3) is 0.300. The van der Waals surface area contributed by atoms with Crippen molar-refractivity contribution in [2.24, 2.45) is 0 Å². The molecule has 1 amide bonds. The molecule has 0 N–H and O–H groups in total. The Bertz CT molecular complexity index is 382. The average Bonchev–Trinajstić information content (AvgIpc) is 2.61. The monoisotopic (exact) mass is 187 g/mol. The highest BCUT2D eigenvalue weighted by molar-refractivity contribution is 5.80. The number of nitrogens with zero attached hydrogens (tertiary/aromatic N) is 3. The fourth-order valence-corrected chi connectivity index (χ4v) is 1.70. The molecule has 0 aliphatic carbocycles. The van der Waals surface area contributed by atoms with E-state index in [1.807, 2.05) is 18.3 Å². The summed E-state index contributed by atoms with van der Waals surface area (Å²) in [6, 6.07) is 3.59. The van der Waals surface area contributed by atoms with Crippen LogP contribution in [-0.2, 0) is 4.79 Å². The lowest BCUT2D eigenvalue weighted by atomic mass is 10.1. The van der Waals surface area contributed by atoms with E-state index in [1.54, 1.807) is 12.4 Å². The minimum atomic E-state index is -0.110. The third-order valence-electron chi connectivity index (χ3n) is 2.39. The number of likely N-dealkylation sites (tertiary alicyclic amines) is 1. The second-order valence-corrected chi connectivity index (χ2v) is 3.20. The number of rotatable bonds is 1. The Balaban J connectivity index is 2.29. The number of aromatic nitrogens is 1. The van der Waals surface area contributed by atoms with E-state index < -0.39 is 0 Å². The zero-order chi connectivity index (χ0) is 9.97. The van der Waals surface area contributed by atoms with Gasteiger partial charge in [-0.1, -0.05) is 6.07 Å². The predicted octanol–water partition coefficient (Wildman–Crippen LogP) is 1.23. The Morgan fingerprint density at radius 2 is 2.50 bits per heavy atom. The Kier molecular flexibility index (Phi) is 2.15. The average molecular weight is 187 g/mol. The molecule has 1 fully saturated rings. The highest BCUT2D eigenvalue weighted by Gasteiger charge is 2.32. The lowest BCUT2D eigenvalue weighted by Gasteiger charge is -2.15. The van der Waals surface area contributed by atoms with Gasteiger partial charge in [0.2, 0.25) is 5.91 Å². The van der Waals surface area contributed by atoms with Crippen molar-refractivity contribution in [1.29, 1.82) is 5.26 Å². The first-order valence-corrected chi connectivity index (χ1v) is 4.44. The molecule has 1 aliphatic rings. The lowest BCUT2D eigenvalue weighted by Crippen LogP contribution is -2.21. The van der Waals surface area contributed by atoms with Crippen molar-refractivity contribution in [3.05, 3.63) is 30.1 Å². The molecule has 0 radical (unpaired) electrons. The van der Waals surface area contributed by atoms with E-state index >= 15 is 0 Å². The van der Waals surface area contributed by atoms with Crippen LogP contribution in [0.25, 0.3) is 0 Å². The van der Waals surface area contributed by atoms with E-state index in [9.17, 15) is 4.79 Å². The van der Waals surface area contributed by atoms with E-state index in [0.29, 0.717) is 12.8 Å². The molecule has 0 unspecified atom stereocenters. The van der Waals surface area contributed by atoms with Crippen molar-refractivity contribution in [2.75, 3.05) is 0 Å². The van der Waals surface area contributed by atoms with Crippen LogP contribution >= 0.6 is 0 Å². The fourth-order valence-electron chi connectivity index (χ4n) is 1.70. The maximum Gasteiger partial charge on any atom is 0.236 e. The normalized spacial score (nSPS) is 20.9. The third-order valence-corrected chi connectivity index (χ3v) is 2.39. The Hall–Kier alpha value is -1.89. The maximum atomic E-state index is 11.3. The van der Waals surface area contributed by atoms with Crippen molar-refractivity contribution in [3.8, 4) is 6.19 Å². The number of carbonyl (C=O) groups is 1. The Morgan fingerprint density at radius 1 is 1.64 bits per heavy atom. The number of amides is 1. The molecule has 1 aromatic heterocycles. The summed E-state index contributed by atoms with van der Waals surface area (Å²) in [4.78, 5) is 16.5. The first-order valence-electron chi connectivity index (χ1n) is 4.44. The molecule has 0 spiro atoms. The van der Waals surface area contributed by atoms with Crippen LogP contribution in [0.15, 0.2) is 24.5 Å². The van der Waals surface area contributed by atoms with Gasteiger partial charge in [0.25, 0.3) is 0 Å². The first kappa shape index (κ1) is 8.70. The molecule has 4 heteroatoms. The summed E-state index contributed by atoms with van der Waals surface area (Å²) >= 11 is 0. The summed E-state index contributed by atoms with van der Waals surface area (Å²) in [5.74, 6) is -0.0960. The minimum absolute atomic E-state index is 0.0960. The van der Waals surface area contributed by atoms with Gasteiger partial charge in [0.15, 0.2) is 6.19 Å². The van der Waals surface area contributed by atoms with Gasteiger partial charge in [0.05, 0.1) is 6.04 Å². The summed E-state index contributed by atoms with van der Waals surface area (Å²) in [5, 5.41) is 8.80. The van der Waals surface area contributed by atoms with E-state index in [-0.39, 0.29) is 11.9 Å². The smallest absolute Gasteiger partial charge is 0.236 e. The molecule has 1 saturated heterocycles. The van der Waals surface area contributed by atoms with Crippen LogP contribution in [0.2, 0.25) is 0 Å². The van der Waals surface area contributed by atoms with Gasteiger partial charge in [-0.25, -0.2) is 4.90 Å². The van der Waals surface area contributed by atoms with Crippen LogP contribution in [0.4, 0.5) is 0 Å². The van der Waals surface area contributed by atoms with Gasteiger partial charge in [0, 0.05) is 18.8 Å². The van der Waals surface area contributed by atoms with Gasteiger partial charge >= 0.3 is 0 Å². The number of hydrogen-bond donors (Lipinski definition) is 0. The molecular weight excluding hydrogens is 178 g/mol. The topological polar surface area (TPSA) is 57.0 Å². The van der Waals surface area contributed by atoms with Crippen molar-refractivity contribution >= 4 is 5.91 Å². The lowest BCUT2D eigenvalue weighted by molar-refractivity contribution is -0.126. The number of nitriles is 1.